The molecule has 0 aromatic heterocycles. The van der Waals surface area contributed by atoms with E-state index in [2.05, 4.69) is 68.6 Å². The van der Waals surface area contributed by atoms with Crippen LogP contribution in [-0.2, 0) is 14.3 Å². The molecule has 0 saturated carbocycles. The van der Waals surface area contributed by atoms with Crippen LogP contribution in [0.15, 0.2) is 72.9 Å². The highest BCUT2D eigenvalue weighted by atomic mass is 16.5. The first-order valence-corrected chi connectivity index (χ1v) is 24.2. The summed E-state index contributed by atoms with van der Waals surface area (Å²) in [6.45, 7) is 6.28. The van der Waals surface area contributed by atoms with E-state index in [0.29, 0.717) is 19.3 Å². The van der Waals surface area contributed by atoms with Gasteiger partial charge in [0.15, 0.2) is 0 Å². The van der Waals surface area contributed by atoms with Gasteiger partial charge in [-0.2, -0.15) is 0 Å². The van der Waals surface area contributed by atoms with Crippen molar-refractivity contribution in [1.82, 2.24) is 5.32 Å². The van der Waals surface area contributed by atoms with Gasteiger partial charge in [0.25, 0.3) is 0 Å². The first-order valence-electron chi connectivity index (χ1n) is 24.2. The van der Waals surface area contributed by atoms with Crippen LogP contribution in [0.25, 0.3) is 0 Å². The lowest BCUT2D eigenvalue weighted by atomic mass is 10.0. The normalized spacial score (nSPS) is 13.9. The lowest BCUT2D eigenvalue weighted by Crippen LogP contribution is -2.46. The van der Waals surface area contributed by atoms with E-state index in [0.717, 1.165) is 83.5 Å². The zero-order valence-electron chi connectivity index (χ0n) is 37.9. The zero-order chi connectivity index (χ0) is 42.4. The lowest BCUT2D eigenvalue weighted by molar-refractivity contribution is -0.151. The predicted molar refractivity (Wildman–Crippen MR) is 250 cm³/mol. The number of aliphatic hydroxyl groups excluding tert-OH is 2. The number of ether oxygens (including phenoxy) is 1. The number of aliphatic hydroxyl groups is 2. The van der Waals surface area contributed by atoms with Crippen LogP contribution in [0.1, 0.15) is 220 Å². The second-order valence-corrected chi connectivity index (χ2v) is 16.2. The summed E-state index contributed by atoms with van der Waals surface area (Å²) in [6, 6.07) is -0.713. The number of carbonyl (C=O) groups excluding carboxylic acids is 2. The summed E-state index contributed by atoms with van der Waals surface area (Å²) in [5.41, 5.74) is 0. The minimum absolute atomic E-state index is 0.0531. The van der Waals surface area contributed by atoms with Crippen LogP contribution in [-0.4, -0.2) is 46.9 Å². The molecular weight excluding hydrogens is 719 g/mol. The fourth-order valence-electron chi connectivity index (χ4n) is 6.94. The van der Waals surface area contributed by atoms with Gasteiger partial charge in [-0.05, 0) is 77.0 Å². The molecule has 0 aromatic rings. The maximum absolute atomic E-state index is 13.1. The number of unbranched alkanes of at least 4 members (excludes halogenated alkanes) is 21. The van der Waals surface area contributed by atoms with Crippen molar-refractivity contribution >= 4 is 11.9 Å². The van der Waals surface area contributed by atoms with Gasteiger partial charge in [-0.25, -0.2) is 0 Å². The highest BCUT2D eigenvalue weighted by molar-refractivity contribution is 5.77. The van der Waals surface area contributed by atoms with Crippen LogP contribution >= 0.6 is 0 Å². The molecule has 1 amide bonds. The zero-order valence-corrected chi connectivity index (χ0v) is 37.9. The molecule has 0 saturated heterocycles. The topological polar surface area (TPSA) is 95.9 Å². The van der Waals surface area contributed by atoms with E-state index in [4.69, 9.17) is 4.74 Å². The molecule has 3 unspecified atom stereocenters. The van der Waals surface area contributed by atoms with Crippen LogP contribution in [0.4, 0.5) is 0 Å². The largest absolute Gasteiger partial charge is 0.462 e. The second kappa shape index (κ2) is 45.4. The highest BCUT2D eigenvalue weighted by Crippen LogP contribution is 2.17. The summed E-state index contributed by atoms with van der Waals surface area (Å²) in [4.78, 5) is 26.0. The van der Waals surface area contributed by atoms with Gasteiger partial charge in [0.05, 0.1) is 25.2 Å². The van der Waals surface area contributed by atoms with Crippen LogP contribution in [0.3, 0.4) is 0 Å². The Kier molecular flexibility index (Phi) is 43.3. The first kappa shape index (κ1) is 55.3. The molecule has 0 spiro atoms. The SMILES string of the molecule is CC/C=C/C=C/C=C\C=C/CCCCCC(=O)OC(CCCCCCCCC/C=C\C/C=C\CCCCC)CC(=O)NC(CO)C(O)CCCCCCCCCCC. The average molecular weight is 810 g/mol. The Balaban J connectivity index is 4.68. The van der Waals surface area contributed by atoms with Crippen molar-refractivity contribution in [3.63, 3.8) is 0 Å². The Morgan fingerprint density at radius 3 is 1.59 bits per heavy atom. The first-order chi connectivity index (χ1) is 28.5. The van der Waals surface area contributed by atoms with Crippen LogP contribution in [0.2, 0.25) is 0 Å². The summed E-state index contributed by atoms with van der Waals surface area (Å²) >= 11 is 0. The number of allylic oxidation sites excluding steroid dienone is 12. The monoisotopic (exact) mass is 810 g/mol. The van der Waals surface area contributed by atoms with Gasteiger partial charge in [-0.15, -0.1) is 0 Å². The van der Waals surface area contributed by atoms with Crippen molar-refractivity contribution in [2.75, 3.05) is 6.61 Å². The van der Waals surface area contributed by atoms with Crippen molar-refractivity contribution in [3.05, 3.63) is 72.9 Å². The average Bonchev–Trinajstić information content (AvgIpc) is 3.22. The standard InChI is InChI=1S/C52H91NO5/c1-4-7-10-13-16-19-21-23-24-25-26-28-29-32-34-37-40-43-48(58-52(57)45-42-39-36-33-30-27-22-20-17-14-11-8-5-2)46-51(56)53-49(47-54)50(55)44-41-38-35-31-18-15-12-9-6-3/h8,11,14,16-17,19-20,22-24,27,30,48-50,54-55H,4-7,9-10,12-13,15,18,21,25-26,28-29,31-47H2,1-3H3,(H,53,56)/b11-8+,17-14+,19-16-,22-20-,24-23-,30-27-. The molecule has 3 atom stereocenters. The molecule has 0 bridgehead atoms. The van der Waals surface area contributed by atoms with Crippen molar-refractivity contribution in [3.8, 4) is 0 Å². The van der Waals surface area contributed by atoms with Gasteiger partial charge >= 0.3 is 5.97 Å². The Morgan fingerprint density at radius 1 is 0.534 bits per heavy atom. The van der Waals surface area contributed by atoms with Gasteiger partial charge in [-0.1, -0.05) is 203 Å². The Labute approximate surface area is 358 Å². The van der Waals surface area contributed by atoms with E-state index in [1.807, 2.05) is 30.4 Å². The Hall–Kier alpha value is -2.70. The third-order valence-electron chi connectivity index (χ3n) is 10.6. The summed E-state index contributed by atoms with van der Waals surface area (Å²) in [7, 11) is 0. The molecule has 3 N–H and O–H groups in total. The number of esters is 1. The summed E-state index contributed by atoms with van der Waals surface area (Å²) in [5.74, 6) is -0.532. The van der Waals surface area contributed by atoms with Crippen molar-refractivity contribution in [2.45, 2.75) is 238 Å². The number of hydrogen-bond donors (Lipinski definition) is 3. The van der Waals surface area contributed by atoms with Gasteiger partial charge in [0.1, 0.15) is 6.10 Å². The number of rotatable bonds is 42. The Morgan fingerprint density at radius 2 is 1.00 bits per heavy atom. The number of nitrogens with one attached hydrogen (secondary N) is 1. The predicted octanol–water partition coefficient (Wildman–Crippen LogP) is 14.2. The number of carbonyl (C=O) groups is 2. The molecular formula is C52H91NO5. The van der Waals surface area contributed by atoms with E-state index in [1.54, 1.807) is 0 Å². The maximum Gasteiger partial charge on any atom is 0.306 e. The van der Waals surface area contributed by atoms with E-state index in [9.17, 15) is 19.8 Å². The van der Waals surface area contributed by atoms with E-state index >= 15 is 0 Å². The fourth-order valence-corrected chi connectivity index (χ4v) is 6.94. The highest BCUT2D eigenvalue weighted by Gasteiger charge is 2.24. The molecule has 0 fully saturated rings. The van der Waals surface area contributed by atoms with E-state index in [-0.39, 0.29) is 24.9 Å². The van der Waals surface area contributed by atoms with Crippen molar-refractivity contribution in [1.29, 1.82) is 0 Å². The van der Waals surface area contributed by atoms with Crippen molar-refractivity contribution in [2.24, 2.45) is 0 Å². The third kappa shape index (κ3) is 40.1. The maximum atomic E-state index is 13.1. The minimum Gasteiger partial charge on any atom is -0.462 e. The summed E-state index contributed by atoms with van der Waals surface area (Å²) in [6.07, 6.45) is 56.7. The van der Waals surface area contributed by atoms with Gasteiger partial charge in [0.2, 0.25) is 5.91 Å². The lowest BCUT2D eigenvalue weighted by Gasteiger charge is -2.24. The molecule has 334 valence electrons. The smallest absolute Gasteiger partial charge is 0.306 e. The van der Waals surface area contributed by atoms with E-state index < -0.39 is 18.2 Å². The molecule has 0 aliphatic carbocycles. The van der Waals surface area contributed by atoms with Gasteiger partial charge in [-0.3, -0.25) is 9.59 Å². The molecule has 58 heavy (non-hydrogen) atoms. The molecule has 6 heteroatoms. The molecule has 0 aliphatic heterocycles. The fraction of sp³-hybridized carbons (Fsp3) is 0.731. The van der Waals surface area contributed by atoms with Crippen LogP contribution in [0, 0.1) is 0 Å². The van der Waals surface area contributed by atoms with Crippen molar-refractivity contribution < 1.29 is 24.5 Å². The second-order valence-electron chi connectivity index (χ2n) is 16.2. The molecule has 0 radical (unpaired) electrons. The van der Waals surface area contributed by atoms with Gasteiger partial charge < -0.3 is 20.3 Å². The van der Waals surface area contributed by atoms with Gasteiger partial charge in [0, 0.05) is 6.42 Å². The van der Waals surface area contributed by atoms with Crippen LogP contribution < -0.4 is 5.32 Å². The molecule has 0 rings (SSSR count). The minimum atomic E-state index is -0.798. The summed E-state index contributed by atoms with van der Waals surface area (Å²) in [5, 5.41) is 23.6. The quantitative estimate of drug-likeness (QED) is 0.0247. The Bertz CT molecular complexity index is 1090. The number of hydrogen-bond acceptors (Lipinski definition) is 5. The molecule has 0 aliphatic rings. The summed E-state index contributed by atoms with van der Waals surface area (Å²) < 4.78 is 5.90. The third-order valence-corrected chi connectivity index (χ3v) is 10.6. The van der Waals surface area contributed by atoms with Crippen LogP contribution in [0.5, 0.6) is 0 Å². The van der Waals surface area contributed by atoms with E-state index in [1.165, 1.54) is 89.9 Å². The molecule has 0 heterocycles. The number of amides is 1. The molecule has 6 nitrogen and oxygen atoms in total. The molecule has 0 aromatic carbocycles.